The van der Waals surface area contributed by atoms with Gasteiger partial charge in [0.15, 0.2) is 0 Å². The van der Waals surface area contributed by atoms with Crippen LogP contribution >= 0.6 is 0 Å². The van der Waals surface area contributed by atoms with Crippen molar-refractivity contribution in [1.29, 1.82) is 0 Å². The molecule has 3 aromatic carbocycles. The van der Waals surface area contributed by atoms with Crippen molar-refractivity contribution in [2.75, 3.05) is 0 Å². The van der Waals surface area contributed by atoms with Crippen LogP contribution in [0.15, 0.2) is 66.7 Å². The first-order valence-electron chi connectivity index (χ1n) is 10.8. The Kier molecular flexibility index (Phi) is 4.24. The van der Waals surface area contributed by atoms with Crippen LogP contribution in [-0.2, 0) is 9.31 Å². The maximum Gasteiger partial charge on any atom is 0.494 e. The molecule has 0 aliphatic carbocycles. The van der Waals surface area contributed by atoms with Gasteiger partial charge in [0, 0.05) is 0 Å². The van der Waals surface area contributed by atoms with E-state index >= 15 is 0 Å². The quantitative estimate of drug-likeness (QED) is 0.579. The van der Waals surface area contributed by atoms with E-state index in [9.17, 15) is 0 Å². The summed E-state index contributed by atoms with van der Waals surface area (Å²) in [4.78, 5) is 0. The molecule has 153 valence electrons. The van der Waals surface area contributed by atoms with Gasteiger partial charge in [0.1, 0.15) is 0 Å². The molecule has 4 heteroatoms. The van der Waals surface area contributed by atoms with E-state index in [1.165, 1.54) is 32.6 Å². The van der Waals surface area contributed by atoms with Gasteiger partial charge in [-0.2, -0.15) is 23.5 Å². The Morgan fingerprint density at radius 2 is 1.23 bits per heavy atom. The van der Waals surface area contributed by atoms with E-state index in [1.807, 2.05) is 0 Å². The summed E-state index contributed by atoms with van der Waals surface area (Å²) in [7, 11) is -2.12. The van der Waals surface area contributed by atoms with E-state index < -0.39 is 8.07 Å². The molecule has 0 atom stereocenters. The molecule has 0 radical (unpaired) electrons. The third-order valence-corrected chi connectivity index (χ3v) is 10.9. The Morgan fingerprint density at radius 1 is 0.667 bits per heavy atom. The average molecular weight is 412 g/mol. The Balaban J connectivity index is 1.56. The van der Waals surface area contributed by atoms with Gasteiger partial charge in [0.25, 0.3) is 0 Å². The number of fused-ring (bicyclic) bond motifs is 3. The van der Waals surface area contributed by atoms with Crippen LogP contribution in [0.1, 0.15) is 27.7 Å². The average Bonchev–Trinajstić information content (AvgIpc) is 3.08. The highest BCUT2D eigenvalue weighted by Gasteiger charge is 2.51. The summed E-state index contributed by atoms with van der Waals surface area (Å²) >= 11 is 0. The standard InChI is InChI=1S/C26H29BO2Si/c1-25(2)26(3,4)29-27(28-25)20-13-15-22-21-14-12-19(18-10-8-7-9-11-18)16-23(21)30(5,6)24(22)17-20/h7-17H,1-6H3/q-1. The molecule has 30 heavy (non-hydrogen) atoms. The van der Waals surface area contributed by atoms with Gasteiger partial charge in [-0.15, -0.1) is 0 Å². The molecule has 0 spiro atoms. The second kappa shape index (κ2) is 6.43. The van der Waals surface area contributed by atoms with Crippen LogP contribution in [0, 0.1) is 0 Å². The summed E-state index contributed by atoms with van der Waals surface area (Å²) in [5.74, 6) is 0. The van der Waals surface area contributed by atoms with Crippen LogP contribution in [0.3, 0.4) is 0 Å². The fourth-order valence-electron chi connectivity index (χ4n) is 4.69. The molecular weight excluding hydrogens is 383 g/mol. The molecular formula is C26H29BO2Si-. The highest BCUT2D eigenvalue weighted by Crippen LogP contribution is 2.37. The fraction of sp³-hybridized carbons (Fsp3) is 0.308. The van der Waals surface area contributed by atoms with Crippen LogP contribution in [0.5, 0.6) is 0 Å². The first kappa shape index (κ1) is 19.8. The zero-order chi connectivity index (χ0) is 21.3. The normalized spacial score (nSPS) is 20.1. The maximum absolute atomic E-state index is 6.33. The van der Waals surface area contributed by atoms with Gasteiger partial charge in [-0.05, 0) is 44.3 Å². The molecule has 0 aromatic heterocycles. The third-order valence-electron chi connectivity index (χ3n) is 7.33. The SMILES string of the molecule is CC1(C)OB(c2ccc3c(c2)[Si-](C)(C)c2cc(-c4ccccc4)ccc2-3)OC1(C)C. The van der Waals surface area contributed by atoms with E-state index in [1.54, 1.807) is 0 Å². The van der Waals surface area contributed by atoms with Gasteiger partial charge in [0.2, 0.25) is 0 Å². The van der Waals surface area contributed by atoms with Crippen molar-refractivity contribution in [3.05, 3.63) is 66.7 Å². The van der Waals surface area contributed by atoms with Crippen LogP contribution in [0.2, 0.25) is 13.1 Å². The lowest BCUT2D eigenvalue weighted by Gasteiger charge is -2.32. The molecule has 1 saturated heterocycles. The van der Waals surface area contributed by atoms with Crippen LogP contribution in [0.4, 0.5) is 0 Å². The minimum atomic E-state index is -1.81. The smallest absolute Gasteiger partial charge is 0.399 e. The lowest BCUT2D eigenvalue weighted by molar-refractivity contribution is 0.00578. The Labute approximate surface area is 181 Å². The van der Waals surface area contributed by atoms with E-state index in [4.69, 9.17) is 9.31 Å². The third kappa shape index (κ3) is 2.85. The van der Waals surface area contributed by atoms with Crippen molar-refractivity contribution in [3.63, 3.8) is 0 Å². The molecule has 5 rings (SSSR count). The van der Waals surface area contributed by atoms with Gasteiger partial charge >= 0.3 is 7.12 Å². The Hall–Kier alpha value is -2.14. The summed E-state index contributed by atoms with van der Waals surface area (Å²) in [5.41, 5.74) is 5.83. The molecule has 2 aliphatic heterocycles. The molecule has 2 aliphatic rings. The molecule has 0 saturated carbocycles. The molecule has 0 amide bonds. The second-order valence-corrected chi connectivity index (χ2v) is 14.5. The minimum Gasteiger partial charge on any atom is -0.399 e. The zero-order valence-electron chi connectivity index (χ0n) is 18.7. The van der Waals surface area contributed by atoms with E-state index in [0.717, 1.165) is 5.46 Å². The van der Waals surface area contributed by atoms with E-state index in [-0.39, 0.29) is 18.3 Å². The molecule has 2 nitrogen and oxygen atoms in total. The topological polar surface area (TPSA) is 18.5 Å². The summed E-state index contributed by atoms with van der Waals surface area (Å²) in [6.45, 7) is 13.4. The lowest BCUT2D eigenvalue weighted by Crippen LogP contribution is -2.51. The summed E-state index contributed by atoms with van der Waals surface area (Å²) < 4.78 is 12.7. The van der Waals surface area contributed by atoms with E-state index in [2.05, 4.69) is 108 Å². The van der Waals surface area contributed by atoms with Gasteiger partial charge in [-0.3, -0.25) is 0 Å². The maximum atomic E-state index is 6.33. The van der Waals surface area contributed by atoms with Gasteiger partial charge in [0.05, 0.1) is 11.2 Å². The molecule has 1 fully saturated rings. The van der Waals surface area contributed by atoms with Crippen molar-refractivity contribution in [3.8, 4) is 22.3 Å². The number of hydrogen-bond donors (Lipinski definition) is 0. The fourth-order valence-corrected chi connectivity index (χ4v) is 7.81. The minimum absolute atomic E-state index is 0.311. The Bertz CT molecular complexity index is 1120. The summed E-state index contributed by atoms with van der Waals surface area (Å²) in [6.07, 6.45) is 0. The van der Waals surface area contributed by atoms with E-state index in [0.29, 0.717) is 0 Å². The number of rotatable bonds is 2. The lowest BCUT2D eigenvalue weighted by atomic mass is 9.78. The zero-order valence-corrected chi connectivity index (χ0v) is 19.7. The molecule has 0 unspecified atom stereocenters. The first-order valence-corrected chi connectivity index (χ1v) is 13.8. The monoisotopic (exact) mass is 412 g/mol. The Morgan fingerprint density at radius 3 is 1.87 bits per heavy atom. The number of benzene rings is 3. The van der Waals surface area contributed by atoms with Crippen molar-refractivity contribution >= 4 is 31.0 Å². The van der Waals surface area contributed by atoms with Crippen LogP contribution < -0.4 is 15.8 Å². The van der Waals surface area contributed by atoms with Crippen LogP contribution in [-0.4, -0.2) is 26.4 Å². The van der Waals surface area contributed by atoms with Crippen molar-refractivity contribution in [2.24, 2.45) is 0 Å². The summed E-state index contributed by atoms with van der Waals surface area (Å²) in [5, 5.41) is 3.00. The number of hydrogen-bond acceptors (Lipinski definition) is 2. The molecule has 0 N–H and O–H groups in total. The molecule has 0 bridgehead atoms. The van der Waals surface area contributed by atoms with Crippen molar-refractivity contribution < 1.29 is 9.31 Å². The first-order chi connectivity index (χ1) is 14.1. The van der Waals surface area contributed by atoms with Crippen molar-refractivity contribution in [2.45, 2.75) is 52.0 Å². The van der Waals surface area contributed by atoms with Gasteiger partial charge in [-0.25, -0.2) is 0 Å². The van der Waals surface area contributed by atoms with Crippen LogP contribution in [0.25, 0.3) is 22.3 Å². The largest absolute Gasteiger partial charge is 0.494 e. The van der Waals surface area contributed by atoms with Crippen molar-refractivity contribution in [1.82, 2.24) is 0 Å². The molecule has 2 heterocycles. The summed E-state index contributed by atoms with van der Waals surface area (Å²) in [6, 6.07) is 24.5. The van der Waals surface area contributed by atoms with Gasteiger partial charge in [-0.1, -0.05) is 85.9 Å². The predicted molar refractivity (Wildman–Crippen MR) is 130 cm³/mol. The second-order valence-electron chi connectivity index (χ2n) is 10.1. The highest BCUT2D eigenvalue weighted by molar-refractivity contribution is 7.04. The highest BCUT2D eigenvalue weighted by atomic mass is 28.3. The molecule has 3 aromatic rings. The van der Waals surface area contributed by atoms with Gasteiger partial charge < -0.3 is 9.31 Å². The predicted octanol–water partition coefficient (Wildman–Crippen LogP) is 4.46.